The Labute approximate surface area is 117 Å². The van der Waals surface area contributed by atoms with Crippen molar-refractivity contribution in [2.24, 2.45) is 5.92 Å². The van der Waals surface area contributed by atoms with Crippen molar-refractivity contribution in [3.63, 3.8) is 0 Å². The maximum Gasteiger partial charge on any atom is 0.180 e. The number of unbranched alkanes of at least 4 members (excludes halogenated alkanes) is 1. The molecule has 0 atom stereocenters. The highest BCUT2D eigenvalue weighted by Gasteiger charge is 2.27. The average molecular weight is 348 g/mol. The number of hydrogen-bond acceptors (Lipinski definition) is 3. The fourth-order valence-electron chi connectivity index (χ4n) is 2.76. The molecule has 96 valence electrons. The molecule has 0 unspecified atom stereocenters. The van der Waals surface area contributed by atoms with Crippen molar-refractivity contribution >= 4 is 28.4 Å². The molecule has 0 amide bonds. The van der Waals surface area contributed by atoms with Crippen LogP contribution in [0, 0.1) is 9.49 Å². The molecule has 2 N–H and O–H groups in total. The maximum atomic E-state index is 5.73. The van der Waals surface area contributed by atoms with Crippen LogP contribution in [0.25, 0.3) is 0 Å². The van der Waals surface area contributed by atoms with E-state index in [0.717, 1.165) is 15.2 Å². The van der Waals surface area contributed by atoms with Crippen LogP contribution in [0.3, 0.4) is 0 Å². The van der Waals surface area contributed by atoms with Gasteiger partial charge in [-0.15, -0.1) is 0 Å². The number of nitrogens with zero attached hydrogens (tertiary/aromatic N) is 1. The monoisotopic (exact) mass is 348 g/mol. The number of aromatic nitrogens is 1. The highest BCUT2D eigenvalue weighted by Crippen LogP contribution is 2.40. The largest absolute Gasteiger partial charge is 0.380 e. The molecule has 4 heteroatoms. The summed E-state index contributed by atoms with van der Waals surface area (Å²) in [5.41, 5.74) is 5.73. The van der Waals surface area contributed by atoms with Crippen LogP contribution in [0.5, 0.6) is 0 Å². The van der Waals surface area contributed by atoms with E-state index >= 15 is 0 Å². The van der Waals surface area contributed by atoms with Crippen molar-refractivity contribution in [2.45, 2.75) is 57.8 Å². The number of nitrogens with two attached hydrogens (primary N) is 1. The standard InChI is InChI=1S/C13H21IN2O/c1-2-3-4-9-5-7-10(8-6-9)12-11(14)13(15)16-17-12/h9-10H,2-8H2,1H3,(H2,15,16). The second kappa shape index (κ2) is 6.07. The Morgan fingerprint density at radius 1 is 1.35 bits per heavy atom. The fraction of sp³-hybridized carbons (Fsp3) is 0.769. The van der Waals surface area contributed by atoms with E-state index in [1.54, 1.807) is 0 Å². The van der Waals surface area contributed by atoms with Gasteiger partial charge in [-0.3, -0.25) is 0 Å². The van der Waals surface area contributed by atoms with Gasteiger partial charge in [0.05, 0.1) is 3.57 Å². The third kappa shape index (κ3) is 3.14. The lowest BCUT2D eigenvalue weighted by Gasteiger charge is -2.27. The van der Waals surface area contributed by atoms with Crippen molar-refractivity contribution < 1.29 is 4.52 Å². The zero-order valence-corrected chi connectivity index (χ0v) is 12.6. The number of anilines is 1. The Morgan fingerprint density at radius 2 is 2.06 bits per heavy atom. The average Bonchev–Trinajstić information content (AvgIpc) is 2.68. The van der Waals surface area contributed by atoms with Gasteiger partial charge in [0, 0.05) is 5.92 Å². The van der Waals surface area contributed by atoms with Gasteiger partial charge in [-0.25, -0.2) is 0 Å². The van der Waals surface area contributed by atoms with E-state index < -0.39 is 0 Å². The first-order chi connectivity index (χ1) is 8.22. The van der Waals surface area contributed by atoms with E-state index in [0.29, 0.717) is 11.7 Å². The number of rotatable bonds is 4. The highest BCUT2D eigenvalue weighted by molar-refractivity contribution is 14.1. The van der Waals surface area contributed by atoms with Gasteiger partial charge >= 0.3 is 0 Å². The molecule has 1 heterocycles. The first kappa shape index (κ1) is 13.2. The van der Waals surface area contributed by atoms with Crippen molar-refractivity contribution in [3.8, 4) is 0 Å². The van der Waals surface area contributed by atoms with Gasteiger partial charge in [0.25, 0.3) is 0 Å². The Hall–Kier alpha value is -0.260. The van der Waals surface area contributed by atoms with Crippen LogP contribution in [0.2, 0.25) is 0 Å². The molecule has 1 aliphatic carbocycles. The van der Waals surface area contributed by atoms with Crippen molar-refractivity contribution in [2.75, 3.05) is 5.73 Å². The van der Waals surface area contributed by atoms with E-state index in [1.165, 1.54) is 44.9 Å². The minimum absolute atomic E-state index is 0.546. The first-order valence-electron chi connectivity index (χ1n) is 6.62. The lowest BCUT2D eigenvalue weighted by atomic mass is 9.79. The molecule has 17 heavy (non-hydrogen) atoms. The Morgan fingerprint density at radius 3 is 2.59 bits per heavy atom. The molecule has 0 saturated heterocycles. The molecule has 0 spiro atoms. The predicted octanol–water partition coefficient (Wildman–Crippen LogP) is 4.33. The smallest absolute Gasteiger partial charge is 0.180 e. The van der Waals surface area contributed by atoms with Crippen LogP contribution >= 0.6 is 22.6 Å². The summed E-state index contributed by atoms with van der Waals surface area (Å²) in [6, 6.07) is 0. The predicted molar refractivity (Wildman–Crippen MR) is 77.9 cm³/mol. The summed E-state index contributed by atoms with van der Waals surface area (Å²) in [7, 11) is 0. The van der Waals surface area contributed by atoms with Gasteiger partial charge in [0.2, 0.25) is 0 Å². The molecule has 1 fully saturated rings. The van der Waals surface area contributed by atoms with Crippen molar-refractivity contribution in [1.29, 1.82) is 0 Å². The molecule has 0 radical (unpaired) electrons. The van der Waals surface area contributed by atoms with Crippen LogP contribution in [-0.4, -0.2) is 5.16 Å². The number of nitrogen functional groups attached to an aromatic ring is 1. The van der Waals surface area contributed by atoms with E-state index in [1.807, 2.05) is 0 Å². The Kier molecular flexibility index (Phi) is 4.70. The summed E-state index contributed by atoms with van der Waals surface area (Å²) in [5, 5.41) is 3.86. The van der Waals surface area contributed by atoms with Gasteiger partial charge < -0.3 is 10.3 Å². The van der Waals surface area contributed by atoms with Gasteiger partial charge in [0.1, 0.15) is 0 Å². The SMILES string of the molecule is CCCCC1CCC(c2onc(N)c2I)CC1. The molecule has 3 nitrogen and oxygen atoms in total. The molecular weight excluding hydrogens is 327 g/mol. The zero-order chi connectivity index (χ0) is 12.3. The normalized spacial score (nSPS) is 25.1. The molecule has 0 aromatic carbocycles. The van der Waals surface area contributed by atoms with Crippen LogP contribution in [-0.2, 0) is 0 Å². The molecule has 1 saturated carbocycles. The lowest BCUT2D eigenvalue weighted by molar-refractivity contribution is 0.265. The van der Waals surface area contributed by atoms with Gasteiger partial charge in [-0.05, 0) is 54.2 Å². The van der Waals surface area contributed by atoms with Crippen molar-refractivity contribution in [3.05, 3.63) is 9.33 Å². The van der Waals surface area contributed by atoms with E-state index in [-0.39, 0.29) is 0 Å². The van der Waals surface area contributed by atoms with Gasteiger partial charge in [-0.1, -0.05) is 31.3 Å². The van der Waals surface area contributed by atoms with Gasteiger partial charge in [-0.2, -0.15) is 0 Å². The summed E-state index contributed by atoms with van der Waals surface area (Å²) in [5.74, 6) is 3.06. The summed E-state index contributed by atoms with van der Waals surface area (Å²) in [6.45, 7) is 2.27. The second-order valence-electron chi connectivity index (χ2n) is 5.11. The highest BCUT2D eigenvalue weighted by atomic mass is 127. The van der Waals surface area contributed by atoms with Crippen molar-refractivity contribution in [1.82, 2.24) is 5.16 Å². The molecule has 0 aliphatic heterocycles. The summed E-state index contributed by atoms with van der Waals surface area (Å²) in [6.07, 6.45) is 9.23. The first-order valence-corrected chi connectivity index (χ1v) is 7.70. The Balaban J connectivity index is 1.89. The van der Waals surface area contributed by atoms with Crippen LogP contribution in [0.1, 0.15) is 63.5 Å². The number of halogens is 1. The lowest BCUT2D eigenvalue weighted by Crippen LogP contribution is -2.13. The molecule has 1 aromatic heterocycles. The number of hydrogen-bond donors (Lipinski definition) is 1. The second-order valence-corrected chi connectivity index (χ2v) is 6.18. The summed E-state index contributed by atoms with van der Waals surface area (Å²) >= 11 is 2.25. The topological polar surface area (TPSA) is 52.0 Å². The quantitative estimate of drug-likeness (QED) is 0.825. The third-order valence-electron chi connectivity index (χ3n) is 3.87. The third-order valence-corrected chi connectivity index (χ3v) is 4.95. The minimum atomic E-state index is 0.546. The van der Waals surface area contributed by atoms with E-state index in [2.05, 4.69) is 34.7 Å². The molecule has 0 bridgehead atoms. The van der Waals surface area contributed by atoms with E-state index in [4.69, 9.17) is 10.3 Å². The molecular formula is C13H21IN2O. The summed E-state index contributed by atoms with van der Waals surface area (Å²) < 4.78 is 6.40. The maximum absolute atomic E-state index is 5.73. The Bertz CT molecular complexity index is 356. The van der Waals surface area contributed by atoms with Crippen LogP contribution < -0.4 is 5.73 Å². The van der Waals surface area contributed by atoms with Gasteiger partial charge in [0.15, 0.2) is 11.6 Å². The molecule has 2 rings (SSSR count). The molecule has 1 aromatic rings. The minimum Gasteiger partial charge on any atom is -0.380 e. The fourth-order valence-corrected chi connectivity index (χ4v) is 3.40. The molecule has 1 aliphatic rings. The summed E-state index contributed by atoms with van der Waals surface area (Å²) in [4.78, 5) is 0. The zero-order valence-electron chi connectivity index (χ0n) is 10.4. The van der Waals surface area contributed by atoms with Crippen LogP contribution in [0.15, 0.2) is 4.52 Å². The van der Waals surface area contributed by atoms with E-state index in [9.17, 15) is 0 Å². The van der Waals surface area contributed by atoms with Crippen LogP contribution in [0.4, 0.5) is 5.82 Å².